The molecule has 1 aromatic carbocycles. The molecule has 0 amide bonds. The van der Waals surface area contributed by atoms with E-state index in [4.69, 9.17) is 4.74 Å². The minimum absolute atomic E-state index is 0.804. The summed E-state index contributed by atoms with van der Waals surface area (Å²) >= 11 is 1.77. The van der Waals surface area contributed by atoms with Gasteiger partial charge in [0.15, 0.2) is 5.16 Å². The molecule has 0 bridgehead atoms. The molecule has 1 atom stereocenters. The zero-order valence-corrected chi connectivity index (χ0v) is 22.2. The first-order chi connectivity index (χ1) is 16.2. The Balaban J connectivity index is 1.60. The quantitative estimate of drug-likeness (QED) is 0.116. The summed E-state index contributed by atoms with van der Waals surface area (Å²) in [5.74, 6) is 2.94. The largest absolute Gasteiger partial charge is 0.494 e. The van der Waals surface area contributed by atoms with Crippen molar-refractivity contribution in [3.63, 3.8) is 0 Å². The lowest BCUT2D eigenvalue weighted by molar-refractivity contribution is 0.304. The van der Waals surface area contributed by atoms with Gasteiger partial charge in [0, 0.05) is 23.7 Å². The monoisotopic (exact) mass is 470 g/mol. The summed E-state index contributed by atoms with van der Waals surface area (Å²) in [6.45, 7) is 7.71. The van der Waals surface area contributed by atoms with Gasteiger partial charge in [-0.1, -0.05) is 115 Å². The van der Waals surface area contributed by atoms with Gasteiger partial charge in [0.1, 0.15) is 5.75 Å². The van der Waals surface area contributed by atoms with Crippen LogP contribution in [0.5, 0.6) is 5.75 Å². The Bertz CT molecular complexity index is 717. The van der Waals surface area contributed by atoms with E-state index in [9.17, 15) is 0 Å². The highest BCUT2D eigenvalue weighted by Crippen LogP contribution is 2.23. The highest BCUT2D eigenvalue weighted by atomic mass is 32.2. The van der Waals surface area contributed by atoms with E-state index in [1.807, 2.05) is 12.4 Å². The molecule has 0 saturated heterocycles. The van der Waals surface area contributed by atoms with Crippen molar-refractivity contribution in [1.82, 2.24) is 9.97 Å². The van der Waals surface area contributed by atoms with Gasteiger partial charge in [-0.3, -0.25) is 0 Å². The van der Waals surface area contributed by atoms with Gasteiger partial charge >= 0.3 is 0 Å². The molecule has 1 aromatic heterocycles. The molecule has 2 rings (SSSR count). The average Bonchev–Trinajstić information content (AvgIpc) is 2.85. The fourth-order valence-corrected chi connectivity index (χ4v) is 4.63. The molecule has 33 heavy (non-hydrogen) atoms. The van der Waals surface area contributed by atoms with Gasteiger partial charge in [0.25, 0.3) is 0 Å². The maximum atomic E-state index is 5.93. The maximum absolute atomic E-state index is 5.93. The Hall–Kier alpha value is -1.55. The van der Waals surface area contributed by atoms with Crippen LogP contribution in [-0.4, -0.2) is 22.3 Å². The van der Waals surface area contributed by atoms with Crippen LogP contribution >= 0.6 is 11.8 Å². The molecule has 184 valence electrons. The topological polar surface area (TPSA) is 35.0 Å². The van der Waals surface area contributed by atoms with Gasteiger partial charge in [-0.25, -0.2) is 9.97 Å². The van der Waals surface area contributed by atoms with E-state index >= 15 is 0 Å². The molecular formula is C29H46N2OS. The molecule has 0 saturated carbocycles. The second-order valence-corrected chi connectivity index (χ2v) is 10.4. The number of hydrogen-bond donors (Lipinski definition) is 0. The summed E-state index contributed by atoms with van der Waals surface area (Å²) in [5, 5.41) is 0.882. The Labute approximate surface area is 207 Å². The predicted octanol–water partition coefficient (Wildman–Crippen LogP) is 9.36. The van der Waals surface area contributed by atoms with Crippen LogP contribution in [0.25, 0.3) is 11.1 Å². The zero-order chi connectivity index (χ0) is 23.6. The van der Waals surface area contributed by atoms with Crippen molar-refractivity contribution >= 4 is 11.8 Å². The molecule has 0 aliphatic heterocycles. The van der Waals surface area contributed by atoms with Crippen LogP contribution in [0.4, 0.5) is 0 Å². The molecular weight excluding hydrogens is 424 g/mol. The maximum Gasteiger partial charge on any atom is 0.187 e. The van der Waals surface area contributed by atoms with Crippen molar-refractivity contribution < 1.29 is 4.74 Å². The van der Waals surface area contributed by atoms with Crippen molar-refractivity contribution in [2.24, 2.45) is 5.92 Å². The molecule has 0 radical (unpaired) electrons. The predicted molar refractivity (Wildman–Crippen MR) is 144 cm³/mol. The first kappa shape index (κ1) is 27.7. The van der Waals surface area contributed by atoms with E-state index < -0.39 is 0 Å². The summed E-state index contributed by atoms with van der Waals surface area (Å²) in [6.07, 6.45) is 21.0. The number of benzene rings is 1. The molecule has 3 nitrogen and oxygen atoms in total. The number of rotatable bonds is 19. The normalized spacial score (nSPS) is 12.1. The summed E-state index contributed by atoms with van der Waals surface area (Å²) in [5.41, 5.74) is 2.19. The van der Waals surface area contributed by atoms with Crippen LogP contribution in [0.15, 0.2) is 41.8 Å². The second kappa shape index (κ2) is 17.9. The Morgan fingerprint density at radius 2 is 1.39 bits per heavy atom. The number of unbranched alkanes of at least 4 members (excludes halogenated alkanes) is 9. The van der Waals surface area contributed by atoms with E-state index in [1.165, 1.54) is 77.0 Å². The molecule has 0 spiro atoms. The van der Waals surface area contributed by atoms with Crippen molar-refractivity contribution in [3.05, 3.63) is 36.7 Å². The summed E-state index contributed by atoms with van der Waals surface area (Å²) in [7, 11) is 0. The second-order valence-electron chi connectivity index (χ2n) is 9.31. The highest BCUT2D eigenvalue weighted by Gasteiger charge is 2.03. The lowest BCUT2D eigenvalue weighted by atomic mass is 10.0. The third-order valence-electron chi connectivity index (χ3n) is 6.35. The number of hydrogen-bond acceptors (Lipinski definition) is 4. The summed E-state index contributed by atoms with van der Waals surface area (Å²) < 4.78 is 5.93. The van der Waals surface area contributed by atoms with E-state index in [0.717, 1.165) is 46.7 Å². The van der Waals surface area contributed by atoms with Crippen LogP contribution < -0.4 is 4.74 Å². The van der Waals surface area contributed by atoms with Crippen LogP contribution in [0.2, 0.25) is 0 Å². The molecule has 0 fully saturated rings. The fourth-order valence-electron chi connectivity index (χ4n) is 3.85. The van der Waals surface area contributed by atoms with Gasteiger partial charge in [-0.05, 0) is 36.5 Å². The molecule has 1 unspecified atom stereocenters. The average molecular weight is 471 g/mol. The van der Waals surface area contributed by atoms with Gasteiger partial charge in [-0.2, -0.15) is 0 Å². The van der Waals surface area contributed by atoms with Gasteiger partial charge in [-0.15, -0.1) is 0 Å². The molecule has 4 heteroatoms. The van der Waals surface area contributed by atoms with Crippen LogP contribution in [0.1, 0.15) is 104 Å². The standard InChI is InChI=1S/C29H46N2OS/c1-4-6-7-8-12-15-22-33-29-30-23-27(24-31-29)26-17-19-28(20-18-26)32-21-14-11-9-10-13-16-25(3)5-2/h17-20,23-25H,4-16,21-22H2,1-3H3. The van der Waals surface area contributed by atoms with Gasteiger partial charge < -0.3 is 4.74 Å². The third-order valence-corrected chi connectivity index (χ3v) is 7.31. The first-order valence-electron chi connectivity index (χ1n) is 13.4. The van der Waals surface area contributed by atoms with E-state index in [2.05, 4.69) is 55.0 Å². The van der Waals surface area contributed by atoms with Gasteiger partial charge in [0.05, 0.1) is 6.61 Å². The molecule has 0 aliphatic rings. The van der Waals surface area contributed by atoms with Crippen LogP contribution in [0, 0.1) is 5.92 Å². The molecule has 1 heterocycles. The Morgan fingerprint density at radius 3 is 2.09 bits per heavy atom. The smallest absolute Gasteiger partial charge is 0.187 e. The zero-order valence-electron chi connectivity index (χ0n) is 21.4. The van der Waals surface area contributed by atoms with Crippen molar-refractivity contribution in [1.29, 1.82) is 0 Å². The van der Waals surface area contributed by atoms with Crippen molar-refractivity contribution in [2.45, 2.75) is 109 Å². The SMILES string of the molecule is CCCCCCCCSc1ncc(-c2ccc(OCCCCCCCC(C)CC)cc2)cn1. The Kier molecular flexibility index (Phi) is 15.0. The lowest BCUT2D eigenvalue weighted by Crippen LogP contribution is -1.97. The molecule has 2 aromatic rings. The highest BCUT2D eigenvalue weighted by molar-refractivity contribution is 7.99. The summed E-state index contributed by atoms with van der Waals surface area (Å²) in [4.78, 5) is 9.10. The van der Waals surface area contributed by atoms with Crippen LogP contribution in [-0.2, 0) is 0 Å². The van der Waals surface area contributed by atoms with E-state index in [1.54, 1.807) is 11.8 Å². The van der Waals surface area contributed by atoms with Crippen LogP contribution in [0.3, 0.4) is 0 Å². The molecule has 0 N–H and O–H groups in total. The number of thioether (sulfide) groups is 1. The minimum Gasteiger partial charge on any atom is -0.494 e. The van der Waals surface area contributed by atoms with Crippen molar-refractivity contribution in [2.75, 3.05) is 12.4 Å². The van der Waals surface area contributed by atoms with E-state index in [-0.39, 0.29) is 0 Å². The fraction of sp³-hybridized carbons (Fsp3) is 0.655. The Morgan fingerprint density at radius 1 is 0.758 bits per heavy atom. The first-order valence-corrected chi connectivity index (χ1v) is 14.4. The molecule has 0 aliphatic carbocycles. The third kappa shape index (κ3) is 12.5. The lowest BCUT2D eigenvalue weighted by Gasteiger charge is -2.09. The minimum atomic E-state index is 0.804. The van der Waals surface area contributed by atoms with Gasteiger partial charge in [0.2, 0.25) is 0 Å². The number of nitrogens with zero attached hydrogens (tertiary/aromatic N) is 2. The van der Waals surface area contributed by atoms with E-state index in [0.29, 0.717) is 0 Å². The summed E-state index contributed by atoms with van der Waals surface area (Å²) in [6, 6.07) is 8.32. The number of aromatic nitrogens is 2. The van der Waals surface area contributed by atoms with Crippen molar-refractivity contribution in [3.8, 4) is 16.9 Å². The number of ether oxygens (including phenoxy) is 1.